The number of unbranched alkanes of at least 4 members (excludes halogenated alkanes) is 1. The molecule has 0 rings (SSSR count). The van der Waals surface area contributed by atoms with Gasteiger partial charge in [-0.1, -0.05) is 12.8 Å². The van der Waals surface area contributed by atoms with Crippen LogP contribution in [0.2, 0.25) is 0 Å². The Hall–Kier alpha value is -2.48. The number of carbonyl (C=O) groups excluding carboxylic acids is 4. The lowest BCUT2D eigenvalue weighted by atomic mass is 10.0. The first-order valence-corrected chi connectivity index (χ1v) is 7.99. The maximum absolute atomic E-state index is 10.4. The fourth-order valence-corrected chi connectivity index (χ4v) is 2.36. The van der Waals surface area contributed by atoms with Gasteiger partial charge in [-0.25, -0.2) is 39.1 Å². The molecule has 0 amide bonds. The first-order valence-electron chi connectivity index (χ1n) is 7.99. The van der Waals surface area contributed by atoms with E-state index in [2.05, 4.69) is 20.0 Å². The molecule has 0 bridgehead atoms. The second kappa shape index (κ2) is 16.9. The predicted molar refractivity (Wildman–Crippen MR) is 86.7 cm³/mol. The second-order valence-electron chi connectivity index (χ2n) is 5.26. The maximum Gasteiger partial charge on any atom is 0.235 e. The van der Waals surface area contributed by atoms with Crippen molar-refractivity contribution in [3.05, 3.63) is 0 Å². The summed E-state index contributed by atoms with van der Waals surface area (Å²) in [5.41, 5.74) is 0. The average molecular weight is 334 g/mol. The van der Waals surface area contributed by atoms with Gasteiger partial charge in [0.25, 0.3) is 0 Å². The minimum Gasteiger partial charge on any atom is -0.211 e. The molecule has 0 saturated carbocycles. The number of isocyanates is 4. The van der Waals surface area contributed by atoms with Crippen molar-refractivity contribution >= 4 is 24.3 Å². The van der Waals surface area contributed by atoms with Gasteiger partial charge in [-0.05, 0) is 38.5 Å². The monoisotopic (exact) mass is 334 g/mol. The van der Waals surface area contributed by atoms with Crippen molar-refractivity contribution in [3.8, 4) is 0 Å². The van der Waals surface area contributed by atoms with Gasteiger partial charge in [-0.15, -0.1) is 0 Å². The third kappa shape index (κ3) is 13.2. The van der Waals surface area contributed by atoms with Crippen molar-refractivity contribution in [1.29, 1.82) is 0 Å². The summed E-state index contributed by atoms with van der Waals surface area (Å²) in [6, 6.07) is -0.251. The van der Waals surface area contributed by atoms with Crippen molar-refractivity contribution in [2.45, 2.75) is 63.5 Å². The van der Waals surface area contributed by atoms with E-state index in [1.54, 1.807) is 12.2 Å². The highest BCUT2D eigenvalue weighted by Gasteiger charge is 2.10. The van der Waals surface area contributed by atoms with Crippen LogP contribution in [0.25, 0.3) is 0 Å². The van der Waals surface area contributed by atoms with Gasteiger partial charge in [-0.2, -0.15) is 0 Å². The van der Waals surface area contributed by atoms with E-state index in [0.717, 1.165) is 25.7 Å². The molecule has 8 nitrogen and oxygen atoms in total. The van der Waals surface area contributed by atoms with Crippen LogP contribution in [0.1, 0.15) is 51.4 Å². The molecule has 0 spiro atoms. The standard InChI is InChI=1S/C16H22N4O4/c21-11-17-9-3-7-15(19-13-23)5-1-2-6-16(20-14-24)8-4-10-18-12-22/h15-16H,1-10H2. The number of hydrogen-bond donors (Lipinski definition) is 0. The van der Waals surface area contributed by atoms with Gasteiger partial charge < -0.3 is 0 Å². The van der Waals surface area contributed by atoms with Gasteiger partial charge in [0.1, 0.15) is 0 Å². The van der Waals surface area contributed by atoms with Crippen LogP contribution in [0.15, 0.2) is 20.0 Å². The van der Waals surface area contributed by atoms with Crippen LogP contribution in [0, 0.1) is 0 Å². The summed E-state index contributed by atoms with van der Waals surface area (Å²) in [5, 5.41) is 0. The molecule has 0 fully saturated rings. The Kier molecular flexibility index (Phi) is 15.1. The lowest BCUT2D eigenvalue weighted by molar-refractivity contribution is 0.471. The molecule has 0 saturated heterocycles. The molecule has 130 valence electrons. The van der Waals surface area contributed by atoms with E-state index in [1.807, 2.05) is 0 Å². The van der Waals surface area contributed by atoms with Crippen LogP contribution in [-0.2, 0) is 19.2 Å². The van der Waals surface area contributed by atoms with Crippen LogP contribution in [-0.4, -0.2) is 49.5 Å². The highest BCUT2D eigenvalue weighted by Crippen LogP contribution is 2.15. The molecule has 0 aliphatic carbocycles. The Labute approximate surface area is 140 Å². The molecule has 0 aliphatic rings. The smallest absolute Gasteiger partial charge is 0.211 e. The average Bonchev–Trinajstić information content (AvgIpc) is 2.59. The quantitative estimate of drug-likeness (QED) is 0.259. The highest BCUT2D eigenvalue weighted by atomic mass is 16.1. The van der Waals surface area contributed by atoms with Crippen LogP contribution < -0.4 is 0 Å². The van der Waals surface area contributed by atoms with Gasteiger partial charge in [0.05, 0.1) is 25.2 Å². The van der Waals surface area contributed by atoms with E-state index in [0.29, 0.717) is 38.8 Å². The van der Waals surface area contributed by atoms with Crippen molar-refractivity contribution in [1.82, 2.24) is 0 Å². The summed E-state index contributed by atoms with van der Waals surface area (Å²) in [6.07, 6.45) is 11.9. The molecular weight excluding hydrogens is 312 g/mol. The van der Waals surface area contributed by atoms with E-state index >= 15 is 0 Å². The molecule has 0 heterocycles. The SMILES string of the molecule is O=C=NCCCC(CCCCC(CCCN=C=O)N=C=O)N=C=O. The molecular formula is C16H22N4O4. The molecule has 2 unspecified atom stereocenters. The molecule has 24 heavy (non-hydrogen) atoms. The largest absolute Gasteiger partial charge is 0.235 e. The lowest BCUT2D eigenvalue weighted by Crippen LogP contribution is -2.08. The zero-order valence-electron chi connectivity index (χ0n) is 13.6. The van der Waals surface area contributed by atoms with Crippen LogP contribution in [0.3, 0.4) is 0 Å². The molecule has 0 aromatic rings. The highest BCUT2D eigenvalue weighted by molar-refractivity contribution is 5.34. The summed E-state index contributed by atoms with van der Waals surface area (Å²) >= 11 is 0. The van der Waals surface area contributed by atoms with Gasteiger partial charge in [0.2, 0.25) is 24.3 Å². The fourth-order valence-electron chi connectivity index (χ4n) is 2.36. The number of rotatable bonds is 15. The van der Waals surface area contributed by atoms with Gasteiger partial charge in [-0.3, -0.25) is 0 Å². The van der Waals surface area contributed by atoms with Crippen molar-refractivity contribution in [3.63, 3.8) is 0 Å². The molecule has 0 aromatic heterocycles. The first kappa shape index (κ1) is 21.5. The van der Waals surface area contributed by atoms with E-state index in [4.69, 9.17) is 0 Å². The molecule has 2 atom stereocenters. The lowest BCUT2D eigenvalue weighted by Gasteiger charge is -2.12. The summed E-state index contributed by atoms with van der Waals surface area (Å²) in [7, 11) is 0. The fraction of sp³-hybridized carbons (Fsp3) is 0.750. The van der Waals surface area contributed by atoms with Gasteiger partial charge in [0, 0.05) is 0 Å². The maximum atomic E-state index is 10.4. The zero-order chi connectivity index (χ0) is 17.9. The molecule has 8 heteroatoms. The van der Waals surface area contributed by atoms with E-state index in [9.17, 15) is 19.2 Å². The molecule has 0 N–H and O–H groups in total. The van der Waals surface area contributed by atoms with E-state index in [1.165, 1.54) is 12.2 Å². The number of hydrogen-bond acceptors (Lipinski definition) is 8. The first-order chi connectivity index (χ1) is 11.8. The van der Waals surface area contributed by atoms with Crippen LogP contribution in [0.5, 0.6) is 0 Å². The van der Waals surface area contributed by atoms with Gasteiger partial charge in [0.15, 0.2) is 0 Å². The predicted octanol–water partition coefficient (Wildman–Crippen LogP) is 2.19. The van der Waals surface area contributed by atoms with Gasteiger partial charge >= 0.3 is 0 Å². The Bertz CT molecular complexity index is 478. The van der Waals surface area contributed by atoms with Crippen LogP contribution >= 0.6 is 0 Å². The Morgan fingerprint density at radius 1 is 0.542 bits per heavy atom. The summed E-state index contributed by atoms with van der Waals surface area (Å²) in [6.45, 7) is 0.765. The Morgan fingerprint density at radius 3 is 1.25 bits per heavy atom. The summed E-state index contributed by atoms with van der Waals surface area (Å²) in [5.74, 6) is 0. The topological polar surface area (TPSA) is 118 Å². The molecule has 0 aliphatic heterocycles. The number of aliphatic imine (C=N–C) groups is 4. The minimum absolute atomic E-state index is 0.126. The molecule has 0 aromatic carbocycles. The third-order valence-electron chi connectivity index (χ3n) is 3.54. The summed E-state index contributed by atoms with van der Waals surface area (Å²) < 4.78 is 0. The van der Waals surface area contributed by atoms with Crippen molar-refractivity contribution < 1.29 is 19.2 Å². The Morgan fingerprint density at radius 2 is 0.917 bits per heavy atom. The van der Waals surface area contributed by atoms with E-state index in [-0.39, 0.29) is 12.1 Å². The van der Waals surface area contributed by atoms with Crippen LogP contribution in [0.4, 0.5) is 0 Å². The minimum atomic E-state index is -0.126. The van der Waals surface area contributed by atoms with E-state index < -0.39 is 0 Å². The third-order valence-corrected chi connectivity index (χ3v) is 3.54. The normalized spacial score (nSPS) is 11.8. The summed E-state index contributed by atoms with van der Waals surface area (Å²) in [4.78, 5) is 55.3. The Balaban J connectivity index is 4.08. The molecule has 0 radical (unpaired) electrons. The second-order valence-corrected chi connectivity index (χ2v) is 5.26. The van der Waals surface area contributed by atoms with Crippen molar-refractivity contribution in [2.24, 2.45) is 20.0 Å². The zero-order valence-corrected chi connectivity index (χ0v) is 13.6. The number of nitrogens with zero attached hydrogens (tertiary/aromatic N) is 4. The van der Waals surface area contributed by atoms with Crippen molar-refractivity contribution in [2.75, 3.05) is 13.1 Å².